The molecule has 2 heterocycles. The van der Waals surface area contributed by atoms with Crippen LogP contribution in [-0.4, -0.2) is 15.1 Å². The Balaban J connectivity index is 1.93. The highest BCUT2D eigenvalue weighted by atomic mass is 79.9. The van der Waals surface area contributed by atoms with E-state index in [2.05, 4.69) is 31.1 Å². The molecule has 2 aromatic heterocycles. The number of thiazole rings is 1. The van der Waals surface area contributed by atoms with Crippen LogP contribution in [0.1, 0.15) is 18.0 Å². The van der Waals surface area contributed by atoms with E-state index in [1.54, 1.807) is 0 Å². The minimum absolute atomic E-state index is 0.0961. The van der Waals surface area contributed by atoms with Gasteiger partial charge in [0.25, 0.3) is 5.89 Å². The number of nitrogens with zero attached hydrogens (tertiary/aromatic N) is 3. The molecule has 0 saturated heterocycles. The van der Waals surface area contributed by atoms with E-state index in [0.717, 1.165) is 15.0 Å². The number of aromatic nitrogens is 3. The molecule has 2 N–H and O–H groups in total. The van der Waals surface area contributed by atoms with Gasteiger partial charge in [-0.15, -0.1) is 11.3 Å². The van der Waals surface area contributed by atoms with Crippen LogP contribution in [0.2, 0.25) is 0 Å². The normalized spacial score (nSPS) is 12.6. The summed E-state index contributed by atoms with van der Waals surface area (Å²) in [5.41, 5.74) is 7.34. The van der Waals surface area contributed by atoms with E-state index >= 15 is 0 Å². The van der Waals surface area contributed by atoms with Gasteiger partial charge < -0.3 is 10.3 Å². The number of halogens is 1. The highest BCUT2D eigenvalue weighted by Crippen LogP contribution is 2.26. The van der Waals surface area contributed by atoms with Crippen LogP contribution in [0.5, 0.6) is 0 Å². The van der Waals surface area contributed by atoms with Crippen LogP contribution < -0.4 is 5.73 Å². The van der Waals surface area contributed by atoms with Gasteiger partial charge in [0.1, 0.15) is 10.7 Å². The van der Waals surface area contributed by atoms with Gasteiger partial charge in [0.2, 0.25) is 5.82 Å². The fourth-order valence-electron chi connectivity index (χ4n) is 1.67. The minimum atomic E-state index is -0.0961. The van der Waals surface area contributed by atoms with Crippen molar-refractivity contribution in [1.29, 1.82) is 0 Å². The second kappa shape index (κ2) is 5.43. The van der Waals surface area contributed by atoms with Crippen LogP contribution >= 0.6 is 27.3 Å². The summed E-state index contributed by atoms with van der Waals surface area (Å²) in [4.78, 5) is 8.76. The summed E-state index contributed by atoms with van der Waals surface area (Å²) in [6.07, 6.45) is 0. The lowest BCUT2D eigenvalue weighted by atomic mass is 10.2. The maximum Gasteiger partial charge on any atom is 0.277 e. The Bertz CT molecular complexity index is 737. The summed E-state index contributed by atoms with van der Waals surface area (Å²) >= 11 is 4.91. The van der Waals surface area contributed by atoms with Crippen LogP contribution in [0.25, 0.3) is 23.0 Å². The van der Waals surface area contributed by atoms with Gasteiger partial charge in [-0.05, 0) is 19.1 Å². The third-order valence-electron chi connectivity index (χ3n) is 2.64. The Morgan fingerprint density at radius 3 is 2.90 bits per heavy atom. The predicted octanol–water partition coefficient (Wildman–Crippen LogP) is 3.64. The van der Waals surface area contributed by atoms with Gasteiger partial charge in [0.05, 0.1) is 6.04 Å². The Kier molecular flexibility index (Phi) is 3.64. The lowest BCUT2D eigenvalue weighted by molar-refractivity contribution is 0.431. The first kappa shape index (κ1) is 13.4. The van der Waals surface area contributed by atoms with E-state index in [0.29, 0.717) is 17.4 Å². The van der Waals surface area contributed by atoms with Crippen molar-refractivity contribution in [2.75, 3.05) is 0 Å². The van der Waals surface area contributed by atoms with Gasteiger partial charge in [-0.2, -0.15) is 4.98 Å². The van der Waals surface area contributed by atoms with Crippen molar-refractivity contribution in [3.8, 4) is 23.0 Å². The average Bonchev–Trinajstić information content (AvgIpc) is 3.08. The van der Waals surface area contributed by atoms with Gasteiger partial charge in [-0.1, -0.05) is 33.2 Å². The summed E-state index contributed by atoms with van der Waals surface area (Å²) in [7, 11) is 0. The standard InChI is InChI=1S/C13H11BrN4OS/c1-7(15)13-16-10(6-20-13)12-17-11(18-19-12)8-3-2-4-9(14)5-8/h2-7H,15H2,1H3. The fourth-order valence-corrected chi connectivity index (χ4v) is 2.82. The predicted molar refractivity (Wildman–Crippen MR) is 81.1 cm³/mol. The van der Waals surface area contributed by atoms with E-state index < -0.39 is 0 Å². The molecule has 0 spiro atoms. The Morgan fingerprint density at radius 2 is 2.20 bits per heavy atom. The van der Waals surface area contributed by atoms with Crippen molar-refractivity contribution in [3.63, 3.8) is 0 Å². The topological polar surface area (TPSA) is 77.8 Å². The molecular formula is C13H11BrN4OS. The van der Waals surface area contributed by atoms with E-state index in [-0.39, 0.29) is 6.04 Å². The van der Waals surface area contributed by atoms with Gasteiger partial charge in [0.15, 0.2) is 0 Å². The van der Waals surface area contributed by atoms with Crippen molar-refractivity contribution >= 4 is 27.3 Å². The maximum absolute atomic E-state index is 5.79. The summed E-state index contributed by atoms with van der Waals surface area (Å²) in [6, 6.07) is 7.63. The molecule has 1 unspecified atom stereocenters. The Hall–Kier alpha value is -1.57. The second-order valence-corrected chi connectivity index (χ2v) is 6.10. The molecule has 0 aliphatic carbocycles. The minimum Gasteiger partial charge on any atom is -0.332 e. The SMILES string of the molecule is CC(N)c1nc(-c2nc(-c3cccc(Br)c3)no2)cs1. The molecule has 0 amide bonds. The van der Waals surface area contributed by atoms with Crippen molar-refractivity contribution < 1.29 is 4.52 Å². The zero-order chi connectivity index (χ0) is 14.1. The monoisotopic (exact) mass is 350 g/mol. The first-order valence-corrected chi connectivity index (χ1v) is 7.62. The Morgan fingerprint density at radius 1 is 1.35 bits per heavy atom. The van der Waals surface area contributed by atoms with Crippen LogP contribution in [0.15, 0.2) is 38.6 Å². The second-order valence-electron chi connectivity index (χ2n) is 4.29. The molecule has 3 rings (SSSR count). The molecule has 20 heavy (non-hydrogen) atoms. The average molecular weight is 351 g/mol. The Labute approximate surface area is 128 Å². The van der Waals surface area contributed by atoms with Crippen LogP contribution in [0.4, 0.5) is 0 Å². The molecule has 1 aromatic carbocycles. The fraction of sp³-hybridized carbons (Fsp3) is 0.154. The van der Waals surface area contributed by atoms with Crippen LogP contribution in [-0.2, 0) is 0 Å². The van der Waals surface area contributed by atoms with Crippen molar-refractivity contribution in [2.45, 2.75) is 13.0 Å². The highest BCUT2D eigenvalue weighted by Gasteiger charge is 2.15. The molecule has 3 aromatic rings. The molecule has 0 bridgehead atoms. The summed E-state index contributed by atoms with van der Waals surface area (Å²) < 4.78 is 6.23. The third kappa shape index (κ3) is 2.65. The first-order chi connectivity index (χ1) is 9.63. The molecule has 0 radical (unpaired) electrons. The molecule has 7 heteroatoms. The van der Waals surface area contributed by atoms with E-state index in [1.807, 2.05) is 36.6 Å². The summed E-state index contributed by atoms with van der Waals surface area (Å²) in [6.45, 7) is 1.89. The zero-order valence-electron chi connectivity index (χ0n) is 10.6. The number of nitrogens with two attached hydrogens (primary N) is 1. The smallest absolute Gasteiger partial charge is 0.277 e. The molecular weight excluding hydrogens is 340 g/mol. The van der Waals surface area contributed by atoms with Gasteiger partial charge in [-0.3, -0.25) is 0 Å². The zero-order valence-corrected chi connectivity index (χ0v) is 13.0. The highest BCUT2D eigenvalue weighted by molar-refractivity contribution is 9.10. The molecule has 0 aliphatic heterocycles. The number of benzene rings is 1. The number of hydrogen-bond donors (Lipinski definition) is 1. The molecule has 0 fully saturated rings. The lowest BCUT2D eigenvalue weighted by Gasteiger charge is -1.95. The van der Waals surface area contributed by atoms with Gasteiger partial charge in [0, 0.05) is 15.4 Å². The van der Waals surface area contributed by atoms with Crippen molar-refractivity contribution in [3.05, 3.63) is 39.1 Å². The summed E-state index contributed by atoms with van der Waals surface area (Å²) in [5, 5.41) is 6.71. The molecule has 1 atom stereocenters. The molecule has 102 valence electrons. The molecule has 0 saturated carbocycles. The van der Waals surface area contributed by atoms with Gasteiger partial charge >= 0.3 is 0 Å². The quantitative estimate of drug-likeness (QED) is 0.779. The largest absolute Gasteiger partial charge is 0.332 e. The van der Waals surface area contributed by atoms with E-state index in [4.69, 9.17) is 10.3 Å². The number of rotatable bonds is 3. The lowest BCUT2D eigenvalue weighted by Crippen LogP contribution is -2.03. The van der Waals surface area contributed by atoms with E-state index in [1.165, 1.54) is 11.3 Å². The third-order valence-corrected chi connectivity index (χ3v) is 4.18. The summed E-state index contributed by atoms with van der Waals surface area (Å²) in [5.74, 6) is 0.944. The van der Waals surface area contributed by atoms with Gasteiger partial charge in [-0.25, -0.2) is 4.98 Å². The van der Waals surface area contributed by atoms with E-state index in [9.17, 15) is 0 Å². The first-order valence-electron chi connectivity index (χ1n) is 5.94. The molecule has 5 nitrogen and oxygen atoms in total. The van der Waals surface area contributed by atoms with Crippen LogP contribution in [0, 0.1) is 0 Å². The molecule has 0 aliphatic rings. The van der Waals surface area contributed by atoms with Crippen molar-refractivity contribution in [2.24, 2.45) is 5.73 Å². The van der Waals surface area contributed by atoms with Crippen LogP contribution in [0.3, 0.4) is 0 Å². The maximum atomic E-state index is 5.79. The van der Waals surface area contributed by atoms with Crippen molar-refractivity contribution in [1.82, 2.24) is 15.1 Å². The number of hydrogen-bond acceptors (Lipinski definition) is 6.